The van der Waals surface area contributed by atoms with Crippen molar-refractivity contribution in [2.75, 3.05) is 13.7 Å². The highest BCUT2D eigenvalue weighted by molar-refractivity contribution is 8.26. The monoisotopic (exact) mass is 373 g/mol. The molecular formula is C18H15NO4S2. The summed E-state index contributed by atoms with van der Waals surface area (Å²) in [6.07, 6.45) is 1.68. The topological polar surface area (TPSA) is 59.8 Å². The minimum Gasteiger partial charge on any atom is -0.462 e. The van der Waals surface area contributed by atoms with Gasteiger partial charge in [0.25, 0.3) is 5.91 Å². The molecule has 0 saturated carbocycles. The quantitative estimate of drug-likeness (QED) is 0.459. The van der Waals surface area contributed by atoms with Gasteiger partial charge in [-0.1, -0.05) is 36.1 Å². The second kappa shape index (κ2) is 7.25. The maximum absolute atomic E-state index is 12.0. The molecule has 1 aliphatic rings. The summed E-state index contributed by atoms with van der Waals surface area (Å²) >= 11 is 6.35. The van der Waals surface area contributed by atoms with E-state index in [1.807, 2.05) is 6.07 Å². The highest BCUT2D eigenvalue weighted by atomic mass is 32.2. The van der Waals surface area contributed by atoms with Gasteiger partial charge in [-0.05, 0) is 31.2 Å². The second-order valence-corrected chi connectivity index (χ2v) is 6.92. The number of carbonyl (C=O) groups excluding carboxylic acids is 2. The first kappa shape index (κ1) is 17.4. The molecule has 0 spiro atoms. The molecule has 1 saturated heterocycles. The number of ether oxygens (including phenoxy) is 1. The summed E-state index contributed by atoms with van der Waals surface area (Å²) in [7, 11) is 1.65. The summed E-state index contributed by atoms with van der Waals surface area (Å²) in [5.41, 5.74) is 1.32. The van der Waals surface area contributed by atoms with Gasteiger partial charge in [0.2, 0.25) is 0 Å². The smallest absolute Gasteiger partial charge is 0.338 e. The van der Waals surface area contributed by atoms with Gasteiger partial charge in [-0.2, -0.15) is 0 Å². The van der Waals surface area contributed by atoms with Crippen LogP contribution in [0, 0.1) is 0 Å². The Balaban J connectivity index is 1.79. The summed E-state index contributed by atoms with van der Waals surface area (Å²) in [4.78, 5) is 25.7. The largest absolute Gasteiger partial charge is 0.462 e. The minimum absolute atomic E-state index is 0.133. The van der Waals surface area contributed by atoms with Gasteiger partial charge in [0, 0.05) is 18.7 Å². The van der Waals surface area contributed by atoms with Crippen LogP contribution in [0.25, 0.3) is 17.4 Å². The number of benzene rings is 1. The van der Waals surface area contributed by atoms with Crippen LogP contribution >= 0.6 is 24.0 Å². The van der Waals surface area contributed by atoms with Crippen molar-refractivity contribution in [1.82, 2.24) is 4.90 Å². The van der Waals surface area contributed by atoms with Crippen LogP contribution in [0.1, 0.15) is 23.0 Å². The molecule has 2 heterocycles. The van der Waals surface area contributed by atoms with E-state index in [0.29, 0.717) is 32.9 Å². The molecule has 2 aromatic rings. The first-order valence-corrected chi connectivity index (χ1v) is 8.81. The summed E-state index contributed by atoms with van der Waals surface area (Å²) in [6, 6.07) is 10.6. The maximum atomic E-state index is 12.0. The van der Waals surface area contributed by atoms with Crippen molar-refractivity contribution in [3.05, 3.63) is 52.6 Å². The van der Waals surface area contributed by atoms with Crippen LogP contribution in [0.4, 0.5) is 0 Å². The Kier molecular flexibility index (Phi) is 5.06. The molecule has 3 rings (SSSR count). The summed E-state index contributed by atoms with van der Waals surface area (Å²) < 4.78 is 11.3. The molecule has 0 unspecified atom stereocenters. The van der Waals surface area contributed by atoms with Gasteiger partial charge in [-0.25, -0.2) is 4.79 Å². The lowest BCUT2D eigenvalue weighted by Crippen LogP contribution is -2.22. The maximum Gasteiger partial charge on any atom is 0.338 e. The third-order valence-corrected chi connectivity index (χ3v) is 5.05. The standard InChI is InChI=1S/C18H15NO4S2/c1-3-22-17(21)12-6-4-11(5-7-12)14-9-8-13(23-14)10-15-16(20)19(2)18(24)25-15/h4-10H,3H2,1-2H3/b15-10-. The molecule has 25 heavy (non-hydrogen) atoms. The van der Waals surface area contributed by atoms with E-state index in [1.54, 1.807) is 50.4 Å². The van der Waals surface area contributed by atoms with Crippen molar-refractivity contribution in [3.63, 3.8) is 0 Å². The Morgan fingerprint density at radius 3 is 2.60 bits per heavy atom. The number of hydrogen-bond acceptors (Lipinski definition) is 6. The summed E-state index contributed by atoms with van der Waals surface area (Å²) in [6.45, 7) is 2.11. The molecule has 0 atom stereocenters. The zero-order chi connectivity index (χ0) is 18.0. The molecule has 0 aliphatic carbocycles. The lowest BCUT2D eigenvalue weighted by molar-refractivity contribution is -0.121. The van der Waals surface area contributed by atoms with Crippen molar-refractivity contribution in [2.45, 2.75) is 6.92 Å². The molecule has 0 bridgehead atoms. The molecule has 0 N–H and O–H groups in total. The van der Waals surface area contributed by atoms with Gasteiger partial charge < -0.3 is 9.15 Å². The summed E-state index contributed by atoms with van der Waals surface area (Å²) in [5.74, 6) is 0.731. The van der Waals surface area contributed by atoms with Gasteiger partial charge in [-0.15, -0.1) is 0 Å². The Morgan fingerprint density at radius 2 is 2.00 bits per heavy atom. The molecule has 1 amide bonds. The number of furan rings is 1. The molecule has 1 aromatic heterocycles. The number of amides is 1. The number of carbonyl (C=O) groups is 2. The van der Waals surface area contributed by atoms with Crippen LogP contribution < -0.4 is 0 Å². The van der Waals surface area contributed by atoms with Crippen LogP contribution in [0.3, 0.4) is 0 Å². The number of hydrogen-bond donors (Lipinski definition) is 0. The molecule has 5 nitrogen and oxygen atoms in total. The lowest BCUT2D eigenvalue weighted by atomic mass is 10.1. The normalized spacial score (nSPS) is 15.9. The molecule has 7 heteroatoms. The number of likely N-dealkylation sites (N-methyl/N-ethyl adjacent to an activating group) is 1. The van der Waals surface area contributed by atoms with E-state index in [4.69, 9.17) is 21.4 Å². The van der Waals surface area contributed by atoms with E-state index < -0.39 is 0 Å². The van der Waals surface area contributed by atoms with Crippen molar-refractivity contribution >= 4 is 46.3 Å². The van der Waals surface area contributed by atoms with Gasteiger partial charge in [0.1, 0.15) is 15.8 Å². The fourth-order valence-electron chi connectivity index (χ4n) is 2.25. The number of nitrogens with zero attached hydrogens (tertiary/aromatic N) is 1. The van der Waals surface area contributed by atoms with Crippen molar-refractivity contribution in [1.29, 1.82) is 0 Å². The summed E-state index contributed by atoms with van der Waals surface area (Å²) in [5, 5.41) is 0. The van der Waals surface area contributed by atoms with Crippen molar-refractivity contribution in [3.8, 4) is 11.3 Å². The Labute approximate surface area is 154 Å². The molecule has 128 valence electrons. The molecule has 1 aliphatic heterocycles. The highest BCUT2D eigenvalue weighted by Crippen LogP contribution is 2.32. The van der Waals surface area contributed by atoms with E-state index in [0.717, 1.165) is 5.56 Å². The second-order valence-electron chi connectivity index (χ2n) is 5.24. The van der Waals surface area contributed by atoms with Crippen LogP contribution in [0.15, 0.2) is 45.7 Å². The first-order chi connectivity index (χ1) is 12.0. The zero-order valence-corrected chi connectivity index (χ0v) is 15.3. The van der Waals surface area contributed by atoms with Gasteiger partial charge in [0.15, 0.2) is 0 Å². The number of thiocarbonyl (C=S) groups is 1. The zero-order valence-electron chi connectivity index (χ0n) is 13.6. The average molecular weight is 373 g/mol. The number of rotatable bonds is 4. The third kappa shape index (κ3) is 3.67. The Bertz CT molecular complexity index is 867. The third-order valence-electron chi connectivity index (χ3n) is 3.57. The molecule has 1 aromatic carbocycles. The fraction of sp³-hybridized carbons (Fsp3) is 0.167. The van der Waals surface area contributed by atoms with Crippen LogP contribution in [-0.4, -0.2) is 34.8 Å². The predicted octanol–water partition coefficient (Wildman–Crippen LogP) is 3.95. The molecular weight excluding hydrogens is 358 g/mol. The Hall–Kier alpha value is -2.38. The van der Waals surface area contributed by atoms with E-state index >= 15 is 0 Å². The van der Waals surface area contributed by atoms with Gasteiger partial charge >= 0.3 is 5.97 Å². The van der Waals surface area contributed by atoms with Crippen molar-refractivity contribution in [2.24, 2.45) is 0 Å². The lowest BCUT2D eigenvalue weighted by Gasteiger charge is -2.03. The van der Waals surface area contributed by atoms with Crippen LogP contribution in [-0.2, 0) is 9.53 Å². The van der Waals surface area contributed by atoms with E-state index in [2.05, 4.69) is 0 Å². The Morgan fingerprint density at radius 1 is 1.28 bits per heavy atom. The SMILES string of the molecule is CCOC(=O)c1ccc(-c2ccc(/C=C3\SC(=S)N(C)C3=O)o2)cc1. The van der Waals surface area contributed by atoms with Gasteiger partial charge in [-0.3, -0.25) is 9.69 Å². The van der Waals surface area contributed by atoms with Crippen LogP contribution in [0.5, 0.6) is 0 Å². The predicted molar refractivity (Wildman–Crippen MR) is 101 cm³/mol. The van der Waals surface area contributed by atoms with E-state index in [-0.39, 0.29) is 11.9 Å². The van der Waals surface area contributed by atoms with Crippen molar-refractivity contribution < 1.29 is 18.7 Å². The van der Waals surface area contributed by atoms with Crippen LogP contribution in [0.2, 0.25) is 0 Å². The van der Waals surface area contributed by atoms with E-state index in [9.17, 15) is 9.59 Å². The molecule has 1 fully saturated rings. The fourth-order valence-corrected chi connectivity index (χ4v) is 3.40. The highest BCUT2D eigenvalue weighted by Gasteiger charge is 2.29. The van der Waals surface area contributed by atoms with Gasteiger partial charge in [0.05, 0.1) is 17.1 Å². The average Bonchev–Trinajstić information content (AvgIpc) is 3.17. The first-order valence-electron chi connectivity index (χ1n) is 7.58. The molecule has 0 radical (unpaired) electrons. The number of esters is 1. The number of thioether (sulfide) groups is 1. The minimum atomic E-state index is -0.351. The van der Waals surface area contributed by atoms with E-state index in [1.165, 1.54) is 16.7 Å².